The Kier molecular flexibility index (Phi) is 5.07. The van der Waals surface area contributed by atoms with Crippen molar-refractivity contribution in [1.29, 1.82) is 0 Å². The second-order valence-electron chi connectivity index (χ2n) is 5.61. The van der Waals surface area contributed by atoms with Gasteiger partial charge in [0.05, 0.1) is 12.5 Å². The molecule has 2 N–H and O–H groups in total. The molecule has 2 atom stereocenters. The smallest absolute Gasteiger partial charge is 0.306 e. The lowest BCUT2D eigenvalue weighted by Gasteiger charge is -2.36. The van der Waals surface area contributed by atoms with Crippen LogP contribution in [0.5, 0.6) is 11.5 Å². The highest BCUT2D eigenvalue weighted by atomic mass is 16.5. The van der Waals surface area contributed by atoms with Crippen LogP contribution in [0, 0.1) is 5.92 Å². The molecule has 0 spiro atoms. The van der Waals surface area contributed by atoms with Crippen molar-refractivity contribution in [2.24, 2.45) is 5.92 Å². The van der Waals surface area contributed by atoms with Crippen molar-refractivity contribution in [1.82, 2.24) is 4.90 Å². The summed E-state index contributed by atoms with van der Waals surface area (Å²) in [7, 11) is 0. The van der Waals surface area contributed by atoms with E-state index in [0.717, 1.165) is 18.7 Å². The number of aromatic hydroxyl groups is 1. The molecule has 116 valence electrons. The van der Waals surface area contributed by atoms with Gasteiger partial charge < -0.3 is 14.9 Å². The Morgan fingerprint density at radius 1 is 1.48 bits per heavy atom. The predicted octanol–water partition coefficient (Wildman–Crippen LogP) is 2.48. The van der Waals surface area contributed by atoms with Gasteiger partial charge in [-0.1, -0.05) is 6.07 Å². The topological polar surface area (TPSA) is 70.0 Å². The van der Waals surface area contributed by atoms with Crippen LogP contribution in [0.4, 0.5) is 0 Å². The van der Waals surface area contributed by atoms with Gasteiger partial charge in [-0.15, -0.1) is 0 Å². The van der Waals surface area contributed by atoms with Crippen molar-refractivity contribution in [3.05, 3.63) is 23.8 Å². The predicted molar refractivity (Wildman–Crippen MR) is 79.5 cm³/mol. The van der Waals surface area contributed by atoms with Gasteiger partial charge in [0, 0.05) is 12.6 Å². The average Bonchev–Trinajstić information content (AvgIpc) is 2.44. The Bertz CT molecular complexity index is 503. The number of hydrogen-bond donors (Lipinski definition) is 2. The van der Waals surface area contributed by atoms with Crippen LogP contribution in [0.15, 0.2) is 18.2 Å². The third-order valence-corrected chi connectivity index (χ3v) is 4.07. The molecule has 0 aliphatic carbocycles. The Balaban J connectivity index is 2.02. The molecule has 0 amide bonds. The molecule has 2 rings (SSSR count). The third kappa shape index (κ3) is 3.88. The lowest BCUT2D eigenvalue weighted by atomic mass is 9.91. The Morgan fingerprint density at radius 2 is 2.24 bits per heavy atom. The number of benzene rings is 1. The number of ether oxygens (including phenoxy) is 1. The van der Waals surface area contributed by atoms with Gasteiger partial charge in [0.25, 0.3) is 0 Å². The van der Waals surface area contributed by atoms with E-state index in [2.05, 4.69) is 11.8 Å². The lowest BCUT2D eigenvalue weighted by molar-refractivity contribution is -0.144. The van der Waals surface area contributed by atoms with Gasteiger partial charge in [0.15, 0.2) is 11.5 Å². The number of phenolic OH excluding ortho intramolecular Hbond substituents is 1. The second-order valence-corrected chi connectivity index (χ2v) is 5.61. The number of hydrogen-bond acceptors (Lipinski definition) is 4. The largest absolute Gasteiger partial charge is 0.504 e. The van der Waals surface area contributed by atoms with Crippen molar-refractivity contribution >= 4 is 5.97 Å². The van der Waals surface area contributed by atoms with Crippen LogP contribution in [0.2, 0.25) is 0 Å². The average molecular weight is 293 g/mol. The van der Waals surface area contributed by atoms with Crippen LogP contribution in [-0.2, 0) is 11.3 Å². The summed E-state index contributed by atoms with van der Waals surface area (Å²) in [5, 5.41) is 18.8. The summed E-state index contributed by atoms with van der Waals surface area (Å²) < 4.78 is 5.40. The maximum Gasteiger partial charge on any atom is 0.306 e. The SMILES string of the molecule is CCOc1cc(CN2CCC(C(=O)O)CC2C)ccc1O. The number of likely N-dealkylation sites (tertiary alicyclic amines) is 1. The van der Waals surface area contributed by atoms with Crippen LogP contribution >= 0.6 is 0 Å². The van der Waals surface area contributed by atoms with Gasteiger partial charge in [-0.25, -0.2) is 0 Å². The zero-order chi connectivity index (χ0) is 15.4. The van der Waals surface area contributed by atoms with E-state index in [4.69, 9.17) is 9.84 Å². The molecule has 21 heavy (non-hydrogen) atoms. The van der Waals surface area contributed by atoms with Crippen LogP contribution in [-0.4, -0.2) is 40.3 Å². The van der Waals surface area contributed by atoms with Crippen LogP contribution in [0.25, 0.3) is 0 Å². The zero-order valence-electron chi connectivity index (χ0n) is 12.6. The Labute approximate surface area is 125 Å². The number of carboxylic acid groups (broad SMARTS) is 1. The minimum atomic E-state index is -0.690. The Morgan fingerprint density at radius 3 is 2.86 bits per heavy atom. The summed E-state index contributed by atoms with van der Waals surface area (Å²) in [5.41, 5.74) is 1.07. The van der Waals surface area contributed by atoms with Crippen molar-refractivity contribution in [2.75, 3.05) is 13.2 Å². The quantitative estimate of drug-likeness (QED) is 0.872. The highest BCUT2D eigenvalue weighted by Gasteiger charge is 2.29. The van der Waals surface area contributed by atoms with Gasteiger partial charge >= 0.3 is 5.97 Å². The van der Waals surface area contributed by atoms with Crippen molar-refractivity contribution in [3.8, 4) is 11.5 Å². The maximum atomic E-state index is 11.1. The molecule has 1 aromatic carbocycles. The summed E-state index contributed by atoms with van der Waals surface area (Å²) in [6, 6.07) is 5.63. The number of piperidine rings is 1. The molecule has 1 saturated heterocycles. The monoisotopic (exact) mass is 293 g/mol. The van der Waals surface area contributed by atoms with E-state index in [0.29, 0.717) is 25.2 Å². The third-order valence-electron chi connectivity index (χ3n) is 4.07. The first-order chi connectivity index (χ1) is 10.0. The minimum Gasteiger partial charge on any atom is -0.504 e. The van der Waals surface area contributed by atoms with Gasteiger partial charge in [-0.3, -0.25) is 9.69 Å². The van der Waals surface area contributed by atoms with Crippen molar-refractivity contribution < 1.29 is 19.7 Å². The molecule has 1 heterocycles. The van der Waals surface area contributed by atoms with Gasteiger partial charge in [-0.05, 0) is 50.9 Å². The summed E-state index contributed by atoms with van der Waals surface area (Å²) in [4.78, 5) is 13.3. The summed E-state index contributed by atoms with van der Waals surface area (Å²) in [5.74, 6) is -0.263. The number of phenols is 1. The highest BCUT2D eigenvalue weighted by molar-refractivity contribution is 5.70. The van der Waals surface area contributed by atoms with E-state index in [1.54, 1.807) is 6.07 Å². The fourth-order valence-corrected chi connectivity index (χ4v) is 2.84. The van der Waals surface area contributed by atoms with Gasteiger partial charge in [-0.2, -0.15) is 0 Å². The molecule has 2 unspecified atom stereocenters. The van der Waals surface area contributed by atoms with E-state index in [9.17, 15) is 9.90 Å². The minimum absolute atomic E-state index is 0.151. The van der Waals surface area contributed by atoms with Crippen LogP contribution in [0.3, 0.4) is 0 Å². The normalized spacial score (nSPS) is 23.0. The molecule has 0 saturated carbocycles. The Hall–Kier alpha value is -1.75. The number of rotatable bonds is 5. The molecular formula is C16H23NO4. The van der Waals surface area contributed by atoms with E-state index < -0.39 is 5.97 Å². The fraction of sp³-hybridized carbons (Fsp3) is 0.562. The maximum absolute atomic E-state index is 11.1. The number of carbonyl (C=O) groups is 1. The molecule has 1 aromatic rings. The fourth-order valence-electron chi connectivity index (χ4n) is 2.84. The molecule has 5 nitrogen and oxygen atoms in total. The second kappa shape index (κ2) is 6.80. The first-order valence-electron chi connectivity index (χ1n) is 7.42. The first-order valence-corrected chi connectivity index (χ1v) is 7.42. The molecule has 1 aliphatic rings. The molecule has 1 fully saturated rings. The van der Waals surface area contributed by atoms with Gasteiger partial charge in [0.1, 0.15) is 0 Å². The van der Waals surface area contributed by atoms with E-state index in [1.165, 1.54) is 0 Å². The van der Waals surface area contributed by atoms with E-state index in [1.807, 2.05) is 19.1 Å². The number of nitrogens with zero attached hydrogens (tertiary/aromatic N) is 1. The first kappa shape index (κ1) is 15.6. The molecule has 5 heteroatoms. The standard InChI is InChI=1S/C16H23NO4/c1-3-21-15-9-12(4-5-14(15)18)10-17-7-6-13(16(19)20)8-11(17)2/h4-5,9,11,13,18H,3,6-8,10H2,1-2H3,(H,19,20). The molecule has 0 bridgehead atoms. The molecule has 1 aliphatic heterocycles. The zero-order valence-corrected chi connectivity index (χ0v) is 12.6. The van der Waals surface area contributed by atoms with Crippen LogP contribution in [0.1, 0.15) is 32.3 Å². The number of aliphatic carboxylic acids is 1. The lowest BCUT2D eigenvalue weighted by Crippen LogP contribution is -2.42. The summed E-state index contributed by atoms with van der Waals surface area (Å²) in [6.45, 7) is 5.98. The van der Waals surface area contributed by atoms with Gasteiger partial charge in [0.2, 0.25) is 0 Å². The summed E-state index contributed by atoms with van der Waals surface area (Å²) in [6.07, 6.45) is 1.38. The van der Waals surface area contributed by atoms with E-state index >= 15 is 0 Å². The van der Waals surface area contributed by atoms with E-state index in [-0.39, 0.29) is 17.7 Å². The number of carboxylic acids is 1. The molecule has 0 aromatic heterocycles. The van der Waals surface area contributed by atoms with Crippen LogP contribution < -0.4 is 4.74 Å². The highest BCUT2D eigenvalue weighted by Crippen LogP contribution is 2.29. The van der Waals surface area contributed by atoms with Crippen molar-refractivity contribution in [3.63, 3.8) is 0 Å². The molecule has 0 radical (unpaired) electrons. The summed E-state index contributed by atoms with van der Waals surface area (Å²) >= 11 is 0. The molecular weight excluding hydrogens is 270 g/mol. The van der Waals surface area contributed by atoms with Crippen molar-refractivity contribution in [2.45, 2.75) is 39.3 Å².